The molecule has 1 aromatic rings. The fraction of sp³-hybridized carbons (Fsp3) is 0.727. The van der Waals surface area contributed by atoms with Crippen molar-refractivity contribution in [2.75, 3.05) is 14.1 Å². The molecule has 110 valence electrons. The lowest BCUT2D eigenvalue weighted by Gasteiger charge is -2.40. The Morgan fingerprint density at radius 3 is 2.47 bits per heavy atom. The summed E-state index contributed by atoms with van der Waals surface area (Å²) in [6, 6.07) is 0. The molecule has 1 heterocycles. The summed E-state index contributed by atoms with van der Waals surface area (Å²) in [5.74, 6) is 0. The zero-order valence-corrected chi connectivity index (χ0v) is 14.2. The highest BCUT2D eigenvalue weighted by atomic mass is 32.2. The highest BCUT2D eigenvalue weighted by molar-refractivity contribution is 7.87. The Kier molecular flexibility index (Phi) is 4.94. The molecule has 0 radical (unpaired) electrons. The third-order valence-corrected chi connectivity index (χ3v) is 7.32. The van der Waals surface area contributed by atoms with E-state index in [9.17, 15) is 8.42 Å². The molecule has 0 bridgehead atoms. The van der Waals surface area contributed by atoms with Crippen LogP contribution < -0.4 is 0 Å². The van der Waals surface area contributed by atoms with Gasteiger partial charge in [0.15, 0.2) is 0 Å². The van der Waals surface area contributed by atoms with Crippen molar-refractivity contribution in [2.24, 2.45) is 0 Å². The van der Waals surface area contributed by atoms with E-state index in [1.165, 1.54) is 26.6 Å². The van der Waals surface area contributed by atoms with Crippen LogP contribution >= 0.6 is 0 Å². The van der Waals surface area contributed by atoms with E-state index in [1.54, 1.807) is 0 Å². The summed E-state index contributed by atoms with van der Waals surface area (Å²) in [6.45, 7) is 8.69. The Morgan fingerprint density at radius 2 is 2.00 bits per heavy atom. The normalized spacial score (nSPS) is 13.5. The van der Waals surface area contributed by atoms with Gasteiger partial charge < -0.3 is 4.43 Å². The van der Waals surface area contributed by atoms with Gasteiger partial charge in [-0.3, -0.25) is 0 Å². The monoisotopic (exact) mass is 304 g/mol. The highest BCUT2D eigenvalue weighted by Crippen LogP contribution is 2.27. The summed E-state index contributed by atoms with van der Waals surface area (Å²) in [4.78, 5) is 3.90. The first-order valence-electron chi connectivity index (χ1n) is 5.98. The minimum absolute atomic E-state index is 0.107. The summed E-state index contributed by atoms with van der Waals surface area (Å²) in [5, 5.41) is 0.107. The van der Waals surface area contributed by atoms with Crippen molar-refractivity contribution < 1.29 is 12.8 Å². The molecule has 0 atom stereocenters. The topological polar surface area (TPSA) is 64.4 Å². The lowest BCUT2D eigenvalue weighted by molar-refractivity contribution is 0.288. The van der Waals surface area contributed by atoms with Gasteiger partial charge in [0.1, 0.15) is 6.33 Å². The SMILES string of the molecule is CN(C)S(=O)(=O)n1cncc1CO[Si-](C)C(C)(C)C. The van der Waals surface area contributed by atoms with Gasteiger partial charge in [-0.15, -0.1) is 14.1 Å². The second-order valence-electron chi connectivity index (χ2n) is 5.57. The molecule has 0 saturated carbocycles. The Morgan fingerprint density at radius 1 is 1.42 bits per heavy atom. The summed E-state index contributed by atoms with van der Waals surface area (Å²) < 4.78 is 32.2. The molecule has 0 aliphatic rings. The molecular weight excluding hydrogens is 282 g/mol. The van der Waals surface area contributed by atoms with Gasteiger partial charge in [0.05, 0.1) is 11.9 Å². The summed E-state index contributed by atoms with van der Waals surface area (Å²) in [6.07, 6.45) is 2.83. The van der Waals surface area contributed by atoms with E-state index < -0.39 is 19.2 Å². The van der Waals surface area contributed by atoms with E-state index in [2.05, 4.69) is 32.3 Å². The van der Waals surface area contributed by atoms with Gasteiger partial charge in [-0.25, -0.2) is 8.96 Å². The van der Waals surface area contributed by atoms with Gasteiger partial charge in [0.25, 0.3) is 0 Å². The lowest BCUT2D eigenvalue weighted by Crippen LogP contribution is -2.31. The maximum Gasteiger partial charge on any atom is 0.308 e. The van der Waals surface area contributed by atoms with E-state index in [1.807, 2.05) is 0 Å². The van der Waals surface area contributed by atoms with Crippen molar-refractivity contribution in [1.29, 1.82) is 0 Å². The molecule has 0 aromatic carbocycles. The standard InChI is InChI=1S/C11H22N3O3SSi/c1-11(2,3)19(6)17-8-10-7-12-9-14(10)18(15,16)13(4)5/h7,9H,8H2,1-6H3/q-1. The molecule has 0 aliphatic heterocycles. The molecule has 8 heteroatoms. The number of nitrogens with zero attached hydrogens (tertiary/aromatic N) is 3. The average Bonchev–Trinajstić information content (AvgIpc) is 2.72. The summed E-state index contributed by atoms with van der Waals surface area (Å²) in [7, 11) is -1.56. The largest absolute Gasteiger partial charge is 0.583 e. The zero-order valence-electron chi connectivity index (χ0n) is 12.3. The van der Waals surface area contributed by atoms with E-state index in [4.69, 9.17) is 4.43 Å². The van der Waals surface area contributed by atoms with Crippen molar-refractivity contribution in [3.8, 4) is 0 Å². The van der Waals surface area contributed by atoms with Crippen molar-refractivity contribution in [1.82, 2.24) is 13.3 Å². The van der Waals surface area contributed by atoms with Crippen LogP contribution in [0.1, 0.15) is 26.5 Å². The van der Waals surface area contributed by atoms with Crippen LogP contribution in [0.2, 0.25) is 11.6 Å². The minimum atomic E-state index is -3.53. The smallest absolute Gasteiger partial charge is 0.308 e. The number of imidazole rings is 1. The summed E-state index contributed by atoms with van der Waals surface area (Å²) in [5.41, 5.74) is 0.544. The Bertz CT molecular complexity index is 520. The number of hydrogen-bond donors (Lipinski definition) is 0. The second kappa shape index (κ2) is 5.74. The molecule has 0 unspecified atom stereocenters. The third kappa shape index (κ3) is 3.88. The lowest BCUT2D eigenvalue weighted by atomic mass is 10.3. The van der Waals surface area contributed by atoms with Crippen molar-refractivity contribution in [3.63, 3.8) is 0 Å². The first kappa shape index (κ1) is 16.4. The molecule has 0 spiro atoms. The average molecular weight is 304 g/mol. The van der Waals surface area contributed by atoms with Crippen LogP contribution in [0.5, 0.6) is 0 Å². The van der Waals surface area contributed by atoms with E-state index in [0.717, 1.165) is 8.28 Å². The van der Waals surface area contributed by atoms with Crippen LogP contribution in [0, 0.1) is 0 Å². The van der Waals surface area contributed by atoms with Crippen molar-refractivity contribution in [2.45, 2.75) is 39.0 Å². The highest BCUT2D eigenvalue weighted by Gasteiger charge is 2.19. The maximum absolute atomic E-state index is 12.1. The molecular formula is C11H22N3O3SSi-. The molecule has 0 amide bonds. The van der Waals surface area contributed by atoms with Crippen molar-refractivity contribution in [3.05, 3.63) is 18.2 Å². The molecule has 1 rings (SSSR count). The predicted octanol–water partition coefficient (Wildman–Crippen LogP) is 1.48. The van der Waals surface area contributed by atoms with E-state index in [0.29, 0.717) is 5.69 Å². The first-order chi connectivity index (χ1) is 8.56. The Labute approximate surface area is 117 Å². The van der Waals surface area contributed by atoms with Gasteiger partial charge in [-0.1, -0.05) is 20.8 Å². The van der Waals surface area contributed by atoms with Gasteiger partial charge in [-0.05, 0) is 0 Å². The quantitative estimate of drug-likeness (QED) is 0.773. The second-order valence-corrected chi connectivity index (χ2v) is 10.5. The molecule has 0 N–H and O–H groups in total. The van der Waals surface area contributed by atoms with Crippen LogP contribution in [0.4, 0.5) is 0 Å². The van der Waals surface area contributed by atoms with Crippen LogP contribution in [-0.2, 0) is 21.2 Å². The van der Waals surface area contributed by atoms with E-state index >= 15 is 0 Å². The molecule has 0 saturated heterocycles. The van der Waals surface area contributed by atoms with Gasteiger partial charge in [0, 0.05) is 20.7 Å². The van der Waals surface area contributed by atoms with Crippen LogP contribution in [0.3, 0.4) is 0 Å². The first-order valence-corrected chi connectivity index (χ1v) is 9.28. The number of rotatable bonds is 5. The Hall–Kier alpha value is -0.703. The molecule has 6 nitrogen and oxygen atoms in total. The van der Waals surface area contributed by atoms with Crippen LogP contribution in [0.15, 0.2) is 12.5 Å². The van der Waals surface area contributed by atoms with Gasteiger partial charge >= 0.3 is 10.2 Å². The molecule has 0 fully saturated rings. The number of hydrogen-bond acceptors (Lipinski definition) is 4. The minimum Gasteiger partial charge on any atom is -0.583 e. The molecule has 1 aromatic heterocycles. The molecule has 19 heavy (non-hydrogen) atoms. The van der Waals surface area contributed by atoms with Crippen LogP contribution in [-0.4, -0.2) is 44.8 Å². The number of aromatic nitrogens is 2. The third-order valence-electron chi connectivity index (χ3n) is 2.88. The predicted molar refractivity (Wildman–Crippen MR) is 76.4 cm³/mol. The van der Waals surface area contributed by atoms with Crippen LogP contribution in [0.25, 0.3) is 0 Å². The molecule has 0 aliphatic carbocycles. The van der Waals surface area contributed by atoms with E-state index in [-0.39, 0.29) is 11.6 Å². The Balaban J connectivity index is 2.86. The maximum atomic E-state index is 12.1. The van der Waals surface area contributed by atoms with Crippen molar-refractivity contribution >= 4 is 19.2 Å². The fourth-order valence-electron chi connectivity index (χ4n) is 1.19. The van der Waals surface area contributed by atoms with Gasteiger partial charge in [-0.2, -0.15) is 19.3 Å². The summed E-state index contributed by atoms with van der Waals surface area (Å²) >= 11 is 0. The zero-order chi connectivity index (χ0) is 14.8. The fourth-order valence-corrected chi connectivity index (χ4v) is 2.91. The van der Waals surface area contributed by atoms with Gasteiger partial charge in [0.2, 0.25) is 0 Å².